The second kappa shape index (κ2) is 4.99. The molecule has 1 rings (SSSR count). The molecule has 0 atom stereocenters. The van der Waals surface area contributed by atoms with Crippen molar-refractivity contribution in [3.63, 3.8) is 0 Å². The molecule has 1 aromatic carbocycles. The highest BCUT2D eigenvalue weighted by Gasteiger charge is 1.82. The van der Waals surface area contributed by atoms with Crippen molar-refractivity contribution in [3.05, 3.63) is 66.4 Å². The molecule has 0 radical (unpaired) electrons. The average molecular weight is 171 g/mol. The number of hydrogen-bond donors (Lipinski definition) is 1. The van der Waals surface area contributed by atoms with Gasteiger partial charge in [0.25, 0.3) is 0 Å². The fourth-order valence-electron chi connectivity index (χ4n) is 0.948. The van der Waals surface area contributed by atoms with Gasteiger partial charge in [-0.05, 0) is 17.7 Å². The molecule has 13 heavy (non-hydrogen) atoms. The van der Waals surface area contributed by atoms with Crippen molar-refractivity contribution in [3.8, 4) is 0 Å². The summed E-state index contributed by atoms with van der Waals surface area (Å²) in [5, 5.41) is 0. The smallest absolute Gasteiger partial charge is 0.0313 e. The monoisotopic (exact) mass is 171 g/mol. The predicted molar refractivity (Wildman–Crippen MR) is 57.9 cm³/mol. The normalized spacial score (nSPS) is 11.8. The summed E-state index contributed by atoms with van der Waals surface area (Å²) in [5.74, 6) is 0. The topological polar surface area (TPSA) is 26.0 Å². The molecule has 2 N–H and O–H groups in total. The fourth-order valence-corrected chi connectivity index (χ4v) is 0.948. The van der Waals surface area contributed by atoms with Gasteiger partial charge >= 0.3 is 0 Å². The van der Waals surface area contributed by atoms with Crippen LogP contribution in [0.2, 0.25) is 0 Å². The van der Waals surface area contributed by atoms with E-state index in [2.05, 4.69) is 6.58 Å². The highest BCUT2D eigenvalue weighted by molar-refractivity contribution is 5.52. The lowest BCUT2D eigenvalue weighted by Gasteiger charge is -1.91. The zero-order valence-corrected chi connectivity index (χ0v) is 7.48. The molecule has 0 saturated heterocycles. The molecule has 0 aliphatic rings. The molecule has 0 aromatic heterocycles. The SMILES string of the molecule is C=C/C=C(N)/C=C/c1ccccc1. The first-order valence-electron chi connectivity index (χ1n) is 4.14. The molecule has 0 aliphatic carbocycles. The van der Waals surface area contributed by atoms with Crippen LogP contribution in [0.4, 0.5) is 0 Å². The van der Waals surface area contributed by atoms with Gasteiger partial charge in [0.1, 0.15) is 0 Å². The molecular formula is C12H13N. The van der Waals surface area contributed by atoms with Crippen molar-refractivity contribution in [1.29, 1.82) is 0 Å². The first-order chi connectivity index (χ1) is 6.33. The third-order valence-electron chi connectivity index (χ3n) is 1.58. The summed E-state index contributed by atoms with van der Waals surface area (Å²) < 4.78 is 0. The fraction of sp³-hybridized carbons (Fsp3) is 0. The first kappa shape index (κ1) is 9.33. The van der Waals surface area contributed by atoms with Crippen LogP contribution in [0.1, 0.15) is 5.56 Å². The Morgan fingerprint density at radius 2 is 1.92 bits per heavy atom. The maximum atomic E-state index is 5.64. The number of benzene rings is 1. The molecule has 0 aliphatic heterocycles. The summed E-state index contributed by atoms with van der Waals surface area (Å²) in [4.78, 5) is 0. The number of rotatable bonds is 3. The van der Waals surface area contributed by atoms with Crippen molar-refractivity contribution in [1.82, 2.24) is 0 Å². The summed E-state index contributed by atoms with van der Waals surface area (Å²) in [6.45, 7) is 3.57. The van der Waals surface area contributed by atoms with Crippen LogP contribution in [0.15, 0.2) is 60.8 Å². The standard InChI is InChI=1S/C12H13N/c1-2-6-12(13)10-9-11-7-4-3-5-8-11/h2-10H,1,13H2/b10-9+,12-6-. The Morgan fingerprint density at radius 3 is 2.54 bits per heavy atom. The van der Waals surface area contributed by atoms with Crippen LogP contribution in [0.25, 0.3) is 6.08 Å². The number of hydrogen-bond acceptors (Lipinski definition) is 1. The van der Waals surface area contributed by atoms with Gasteiger partial charge in [0.05, 0.1) is 0 Å². The van der Waals surface area contributed by atoms with Crippen LogP contribution >= 0.6 is 0 Å². The number of nitrogens with two attached hydrogens (primary N) is 1. The molecular weight excluding hydrogens is 158 g/mol. The molecule has 0 saturated carbocycles. The summed E-state index contributed by atoms with van der Waals surface area (Å²) in [5.41, 5.74) is 7.48. The van der Waals surface area contributed by atoms with Gasteiger partial charge in [-0.2, -0.15) is 0 Å². The summed E-state index contributed by atoms with van der Waals surface area (Å²) in [6.07, 6.45) is 7.26. The molecule has 1 aromatic rings. The molecule has 1 heteroatoms. The van der Waals surface area contributed by atoms with E-state index in [-0.39, 0.29) is 0 Å². The molecule has 0 amide bonds. The zero-order chi connectivity index (χ0) is 9.52. The largest absolute Gasteiger partial charge is 0.399 e. The van der Waals surface area contributed by atoms with Crippen LogP contribution < -0.4 is 5.73 Å². The van der Waals surface area contributed by atoms with Gasteiger partial charge in [-0.3, -0.25) is 0 Å². The molecule has 0 unspecified atom stereocenters. The Bertz CT molecular complexity index is 320. The van der Waals surface area contributed by atoms with Crippen LogP contribution in [0.3, 0.4) is 0 Å². The minimum Gasteiger partial charge on any atom is -0.399 e. The maximum Gasteiger partial charge on any atom is 0.0313 e. The van der Waals surface area contributed by atoms with Gasteiger partial charge in [-0.15, -0.1) is 0 Å². The highest BCUT2D eigenvalue weighted by Crippen LogP contribution is 2.02. The van der Waals surface area contributed by atoms with Crippen molar-refractivity contribution >= 4 is 6.08 Å². The van der Waals surface area contributed by atoms with Crippen molar-refractivity contribution < 1.29 is 0 Å². The highest BCUT2D eigenvalue weighted by atomic mass is 14.5. The molecule has 0 fully saturated rings. The van der Waals surface area contributed by atoms with E-state index in [0.717, 1.165) is 5.56 Å². The summed E-state index contributed by atoms with van der Waals surface area (Å²) in [6, 6.07) is 10.0. The minimum absolute atomic E-state index is 0.707. The maximum absolute atomic E-state index is 5.64. The van der Waals surface area contributed by atoms with Gasteiger partial charge in [-0.25, -0.2) is 0 Å². The van der Waals surface area contributed by atoms with Crippen LogP contribution in [-0.4, -0.2) is 0 Å². The predicted octanol–water partition coefficient (Wildman–Crippen LogP) is 2.73. The third-order valence-corrected chi connectivity index (χ3v) is 1.58. The Balaban J connectivity index is 2.69. The van der Waals surface area contributed by atoms with Gasteiger partial charge < -0.3 is 5.73 Å². The van der Waals surface area contributed by atoms with E-state index in [4.69, 9.17) is 5.73 Å². The molecule has 0 bridgehead atoms. The first-order valence-corrected chi connectivity index (χ1v) is 4.14. The lowest BCUT2D eigenvalue weighted by molar-refractivity contribution is 1.43. The summed E-state index contributed by atoms with van der Waals surface area (Å²) >= 11 is 0. The number of allylic oxidation sites excluding steroid dienone is 3. The Morgan fingerprint density at radius 1 is 1.23 bits per heavy atom. The van der Waals surface area contributed by atoms with E-state index in [9.17, 15) is 0 Å². The van der Waals surface area contributed by atoms with Crippen molar-refractivity contribution in [2.45, 2.75) is 0 Å². The molecule has 1 nitrogen and oxygen atoms in total. The second-order valence-corrected chi connectivity index (χ2v) is 2.65. The lowest BCUT2D eigenvalue weighted by atomic mass is 10.2. The van der Waals surface area contributed by atoms with Gasteiger partial charge in [0.2, 0.25) is 0 Å². The van der Waals surface area contributed by atoms with Crippen LogP contribution in [-0.2, 0) is 0 Å². The van der Waals surface area contributed by atoms with E-state index in [0.29, 0.717) is 5.70 Å². The zero-order valence-electron chi connectivity index (χ0n) is 7.48. The van der Waals surface area contributed by atoms with Crippen LogP contribution in [0.5, 0.6) is 0 Å². The quantitative estimate of drug-likeness (QED) is 0.695. The molecule has 0 spiro atoms. The van der Waals surface area contributed by atoms with E-state index >= 15 is 0 Å². The molecule has 0 heterocycles. The molecule has 66 valence electrons. The third kappa shape index (κ3) is 3.43. The van der Waals surface area contributed by atoms with Crippen LogP contribution in [0, 0.1) is 0 Å². The van der Waals surface area contributed by atoms with E-state index in [1.165, 1.54) is 0 Å². The van der Waals surface area contributed by atoms with Crippen molar-refractivity contribution in [2.24, 2.45) is 5.73 Å². The van der Waals surface area contributed by atoms with E-state index < -0.39 is 0 Å². The average Bonchev–Trinajstić information content (AvgIpc) is 2.17. The lowest BCUT2D eigenvalue weighted by Crippen LogP contribution is -1.90. The Hall–Kier alpha value is -1.76. The van der Waals surface area contributed by atoms with E-state index in [1.807, 2.05) is 42.5 Å². The van der Waals surface area contributed by atoms with Gasteiger partial charge in [0.15, 0.2) is 0 Å². The minimum atomic E-state index is 0.707. The van der Waals surface area contributed by atoms with Crippen molar-refractivity contribution in [2.75, 3.05) is 0 Å². The van der Waals surface area contributed by atoms with Gasteiger partial charge in [-0.1, -0.05) is 49.1 Å². The Labute approximate surface area is 78.9 Å². The van der Waals surface area contributed by atoms with Gasteiger partial charge in [0, 0.05) is 5.70 Å². The summed E-state index contributed by atoms with van der Waals surface area (Å²) in [7, 11) is 0. The second-order valence-electron chi connectivity index (χ2n) is 2.65. The van der Waals surface area contributed by atoms with E-state index in [1.54, 1.807) is 12.2 Å². The Kier molecular flexibility index (Phi) is 3.58.